The molecule has 1 unspecified atom stereocenters. The van der Waals surface area contributed by atoms with Crippen LogP contribution in [0.4, 0.5) is 0 Å². The van der Waals surface area contributed by atoms with Crippen LogP contribution in [0.25, 0.3) is 0 Å². The van der Waals surface area contributed by atoms with Gasteiger partial charge in [0.15, 0.2) is 12.5 Å². The van der Waals surface area contributed by atoms with Crippen molar-refractivity contribution in [3.63, 3.8) is 0 Å². The monoisotopic (exact) mass is 329 g/mol. The minimum absolute atomic E-state index is 0.423. The van der Waals surface area contributed by atoms with Crippen molar-refractivity contribution in [2.75, 3.05) is 13.2 Å². The molecule has 2 fully saturated rings. The summed E-state index contributed by atoms with van der Waals surface area (Å²) in [6.07, 6.45) is -0.536. The minimum atomic E-state index is -1.11. The number of nitrogens with one attached hydrogen (secondary N) is 2. The molecule has 128 valence electrons. The molecule has 10 heteroatoms. The first-order chi connectivity index (χ1) is 11.1. The molecule has 2 aliphatic rings. The normalized spacial score (nSPS) is 34.1. The number of hydrogen-bond donors (Lipinski definition) is 4. The van der Waals surface area contributed by atoms with E-state index in [4.69, 9.17) is 14.3 Å². The van der Waals surface area contributed by atoms with E-state index in [1.807, 2.05) is 0 Å². The third kappa shape index (κ3) is 3.37. The van der Waals surface area contributed by atoms with Crippen LogP contribution >= 0.6 is 0 Å². The Balaban J connectivity index is 1.79. The van der Waals surface area contributed by atoms with E-state index in [-0.39, 0.29) is 0 Å². The Hall–Kier alpha value is -1.56. The van der Waals surface area contributed by atoms with E-state index in [1.54, 1.807) is 0 Å². The lowest BCUT2D eigenvalue weighted by atomic mass is 10.1. The number of H-pyrrole nitrogens is 1. The van der Waals surface area contributed by atoms with E-state index in [1.165, 1.54) is 12.3 Å². The highest BCUT2D eigenvalue weighted by molar-refractivity contribution is 4.95. The Morgan fingerprint density at radius 2 is 2.30 bits per heavy atom. The molecule has 0 spiro atoms. The lowest BCUT2D eigenvalue weighted by molar-refractivity contribution is -0.175. The van der Waals surface area contributed by atoms with Crippen LogP contribution in [0.3, 0.4) is 0 Å². The van der Waals surface area contributed by atoms with Crippen molar-refractivity contribution >= 4 is 0 Å². The van der Waals surface area contributed by atoms with E-state index in [0.29, 0.717) is 13.0 Å². The van der Waals surface area contributed by atoms with Crippen molar-refractivity contribution in [2.45, 2.75) is 43.6 Å². The fourth-order valence-electron chi connectivity index (χ4n) is 2.68. The minimum Gasteiger partial charge on any atom is -0.394 e. The topological polar surface area (TPSA) is 135 Å². The smallest absolute Gasteiger partial charge is 0.330 e. The van der Waals surface area contributed by atoms with Crippen LogP contribution in [0, 0.1) is 0 Å². The fourth-order valence-corrected chi connectivity index (χ4v) is 2.68. The lowest BCUT2D eigenvalue weighted by Crippen LogP contribution is -2.47. The number of hydrogen-bond acceptors (Lipinski definition) is 8. The molecule has 1 aromatic rings. The number of ether oxygens (including phenoxy) is 2. The highest BCUT2D eigenvalue weighted by Gasteiger charge is 2.45. The van der Waals surface area contributed by atoms with Gasteiger partial charge in [-0.3, -0.25) is 19.2 Å². The fraction of sp³-hybridized carbons (Fsp3) is 0.692. The predicted molar refractivity (Wildman–Crippen MR) is 75.3 cm³/mol. The number of hydroxylamine groups is 1. The average molecular weight is 329 g/mol. The summed E-state index contributed by atoms with van der Waals surface area (Å²) >= 11 is 0. The van der Waals surface area contributed by atoms with Gasteiger partial charge in [0.2, 0.25) is 0 Å². The first kappa shape index (κ1) is 16.3. The van der Waals surface area contributed by atoms with Crippen molar-refractivity contribution < 1.29 is 24.5 Å². The van der Waals surface area contributed by atoms with E-state index < -0.39 is 48.6 Å². The van der Waals surface area contributed by atoms with Gasteiger partial charge < -0.3 is 19.7 Å². The van der Waals surface area contributed by atoms with Gasteiger partial charge in [0, 0.05) is 18.7 Å². The summed E-state index contributed by atoms with van der Waals surface area (Å²) in [6, 6.07) is 0.349. The van der Waals surface area contributed by atoms with Gasteiger partial charge in [-0.2, -0.15) is 5.48 Å². The maximum Gasteiger partial charge on any atom is 0.330 e. The molecule has 5 atom stereocenters. The van der Waals surface area contributed by atoms with Crippen LogP contribution in [-0.4, -0.2) is 57.5 Å². The van der Waals surface area contributed by atoms with E-state index in [9.17, 15) is 19.8 Å². The standard InChI is InChI=1S/C13H19N3O7/c17-6-7-11(19)10(15-23-9-2-1-5-21-9)12(22-7)16-4-3-8(18)14-13(16)20/h3-4,7,9-12,15,17,19H,1-2,5-6H2,(H,14,18,20)/t7-,9?,10-,11-,12-/m1/s1. The summed E-state index contributed by atoms with van der Waals surface area (Å²) in [6.45, 7) is 0.173. The molecule has 0 radical (unpaired) electrons. The van der Waals surface area contributed by atoms with Gasteiger partial charge in [-0.25, -0.2) is 4.79 Å². The summed E-state index contributed by atoms with van der Waals surface area (Å²) < 4.78 is 11.9. The molecule has 10 nitrogen and oxygen atoms in total. The quantitative estimate of drug-likeness (QED) is 0.448. The Labute approximate surface area is 130 Å². The first-order valence-electron chi connectivity index (χ1n) is 7.39. The van der Waals surface area contributed by atoms with Crippen molar-refractivity contribution in [3.8, 4) is 0 Å². The molecule has 2 aliphatic heterocycles. The van der Waals surface area contributed by atoms with Crippen LogP contribution in [-0.2, 0) is 14.3 Å². The van der Waals surface area contributed by atoms with Crippen LogP contribution < -0.4 is 16.7 Å². The van der Waals surface area contributed by atoms with Gasteiger partial charge in [0.25, 0.3) is 5.56 Å². The molecular formula is C13H19N3O7. The van der Waals surface area contributed by atoms with Crippen LogP contribution in [0.1, 0.15) is 19.1 Å². The second-order valence-corrected chi connectivity index (χ2v) is 5.46. The highest BCUT2D eigenvalue weighted by Crippen LogP contribution is 2.28. The van der Waals surface area contributed by atoms with Crippen LogP contribution in [0.15, 0.2) is 21.9 Å². The molecule has 4 N–H and O–H groups in total. The number of aromatic nitrogens is 2. The SMILES string of the molecule is O=c1ccn([C@@H]2O[C@H](CO)[C@@H](O)[C@H]2NOC2CCCO2)c(=O)[nH]1. The third-order valence-corrected chi connectivity index (χ3v) is 3.90. The van der Waals surface area contributed by atoms with Crippen molar-refractivity contribution in [1.82, 2.24) is 15.0 Å². The number of aromatic amines is 1. The van der Waals surface area contributed by atoms with Crippen molar-refractivity contribution in [2.24, 2.45) is 0 Å². The Morgan fingerprint density at radius 1 is 1.48 bits per heavy atom. The van der Waals surface area contributed by atoms with Gasteiger partial charge in [0.05, 0.1) is 13.2 Å². The molecule has 0 amide bonds. The van der Waals surface area contributed by atoms with E-state index in [0.717, 1.165) is 11.0 Å². The number of aliphatic hydroxyl groups is 2. The summed E-state index contributed by atoms with van der Waals surface area (Å²) in [4.78, 5) is 30.6. The largest absolute Gasteiger partial charge is 0.394 e. The summed E-state index contributed by atoms with van der Waals surface area (Å²) in [5.41, 5.74) is 1.44. The van der Waals surface area contributed by atoms with Crippen LogP contribution in [0.2, 0.25) is 0 Å². The van der Waals surface area contributed by atoms with Gasteiger partial charge in [-0.1, -0.05) is 0 Å². The Morgan fingerprint density at radius 3 is 2.96 bits per heavy atom. The van der Waals surface area contributed by atoms with Gasteiger partial charge in [0.1, 0.15) is 18.2 Å². The zero-order chi connectivity index (χ0) is 16.4. The Kier molecular flexibility index (Phi) is 4.90. The second-order valence-electron chi connectivity index (χ2n) is 5.46. The molecule has 0 aromatic carbocycles. The number of rotatable bonds is 5. The first-order valence-corrected chi connectivity index (χ1v) is 7.39. The van der Waals surface area contributed by atoms with E-state index >= 15 is 0 Å². The summed E-state index contributed by atoms with van der Waals surface area (Å²) in [5, 5.41) is 19.5. The predicted octanol–water partition coefficient (Wildman–Crippen LogP) is -2.19. The zero-order valence-corrected chi connectivity index (χ0v) is 12.3. The average Bonchev–Trinajstić information content (AvgIpc) is 3.13. The zero-order valence-electron chi connectivity index (χ0n) is 12.3. The van der Waals surface area contributed by atoms with E-state index in [2.05, 4.69) is 10.5 Å². The summed E-state index contributed by atoms with van der Waals surface area (Å²) in [5.74, 6) is 0. The maximum absolute atomic E-state index is 11.9. The molecule has 0 saturated carbocycles. The van der Waals surface area contributed by atoms with Crippen molar-refractivity contribution in [3.05, 3.63) is 33.1 Å². The molecular weight excluding hydrogens is 310 g/mol. The molecule has 2 saturated heterocycles. The maximum atomic E-state index is 11.9. The Bertz CT molecular complexity index is 639. The van der Waals surface area contributed by atoms with Gasteiger partial charge >= 0.3 is 5.69 Å². The number of aliphatic hydroxyl groups excluding tert-OH is 2. The highest BCUT2D eigenvalue weighted by atomic mass is 16.8. The molecule has 3 rings (SSSR count). The van der Waals surface area contributed by atoms with Crippen LogP contribution in [0.5, 0.6) is 0 Å². The molecule has 3 heterocycles. The molecule has 0 bridgehead atoms. The third-order valence-electron chi connectivity index (χ3n) is 3.90. The lowest BCUT2D eigenvalue weighted by Gasteiger charge is -2.24. The van der Waals surface area contributed by atoms with Gasteiger partial charge in [-0.15, -0.1) is 0 Å². The van der Waals surface area contributed by atoms with Gasteiger partial charge in [-0.05, 0) is 6.42 Å². The second kappa shape index (κ2) is 6.91. The molecule has 23 heavy (non-hydrogen) atoms. The molecule has 1 aromatic heterocycles. The summed E-state index contributed by atoms with van der Waals surface area (Å²) in [7, 11) is 0. The molecule has 0 aliphatic carbocycles. The van der Waals surface area contributed by atoms with Crippen molar-refractivity contribution in [1.29, 1.82) is 0 Å². The number of nitrogens with zero attached hydrogens (tertiary/aromatic N) is 1.